The fourth-order valence-corrected chi connectivity index (χ4v) is 14.7. The molecule has 0 nitrogen and oxygen atoms in total. The van der Waals surface area contributed by atoms with Crippen LogP contribution in [-0.4, -0.2) is 3.21 Å². The van der Waals surface area contributed by atoms with E-state index in [9.17, 15) is 0 Å². The van der Waals surface area contributed by atoms with Gasteiger partial charge in [0.25, 0.3) is 0 Å². The number of hydrogen-bond donors (Lipinski definition) is 0. The Morgan fingerprint density at radius 2 is 1.31 bits per heavy atom. The smallest absolute Gasteiger partial charge is 1.00 e. The van der Waals surface area contributed by atoms with E-state index in [1.165, 1.54) is 33.4 Å². The minimum absolute atomic E-state index is 0. The Labute approximate surface area is 260 Å². The molecule has 0 heterocycles. The molecule has 1 unspecified atom stereocenters. The summed E-state index contributed by atoms with van der Waals surface area (Å²) in [5, 5.41) is 0. The number of rotatable bonds is 2. The summed E-state index contributed by atoms with van der Waals surface area (Å²) in [6.07, 6.45) is 6.29. The van der Waals surface area contributed by atoms with Gasteiger partial charge in [-0.05, 0) is 0 Å². The Hall–Kier alpha value is -0.747. The quantitative estimate of drug-likeness (QED) is 0.401. The third-order valence-electron chi connectivity index (χ3n) is 8.55. The monoisotopic (exact) mass is 642 g/mol. The zero-order chi connectivity index (χ0) is 27.8. The van der Waals surface area contributed by atoms with Crippen LogP contribution in [0.25, 0.3) is 11.1 Å². The van der Waals surface area contributed by atoms with Crippen molar-refractivity contribution in [2.45, 2.75) is 114 Å². The number of fused-ring (bicyclic) bond motifs is 3. The summed E-state index contributed by atoms with van der Waals surface area (Å²) in [5.41, 5.74) is 14.3. The van der Waals surface area contributed by atoms with Crippen molar-refractivity contribution in [3.05, 3.63) is 72.6 Å². The van der Waals surface area contributed by atoms with Crippen LogP contribution in [0.15, 0.2) is 39.2 Å². The van der Waals surface area contributed by atoms with Crippen molar-refractivity contribution in [3.8, 4) is 11.1 Å². The summed E-state index contributed by atoms with van der Waals surface area (Å²) in [7, 11) is 0. The van der Waals surface area contributed by atoms with Crippen LogP contribution in [0.2, 0.25) is 0 Å². The van der Waals surface area contributed by atoms with Crippen molar-refractivity contribution in [1.82, 2.24) is 0 Å². The number of benzene rings is 2. The van der Waals surface area contributed by atoms with E-state index in [2.05, 4.69) is 127 Å². The van der Waals surface area contributed by atoms with Gasteiger partial charge >= 0.3 is 237 Å². The fraction of sp³-hybridized carbons (Fsp3) is 0.528. The second kappa shape index (κ2) is 11.5. The minimum Gasteiger partial charge on any atom is -1.00 e. The van der Waals surface area contributed by atoms with Crippen LogP contribution in [0.3, 0.4) is 0 Å². The maximum absolute atomic E-state index is 2.63. The van der Waals surface area contributed by atoms with Crippen LogP contribution in [0.1, 0.15) is 116 Å². The standard InChI is InChI=1S/C23H29.C10H15.C3H6.2ClH.Zr/c1-14-9-16-11-17-10-15(2)21(23(6,7)8)13-19(17)18(16)12-20(14)22(3,4)5;1-8-5-6-9(7-8)10(2,3)4;1-3-2;;;/h9,12-13H,11H2,1-8H3;6-8H,1-4H3;1-2H3;2*1H;/q;;;;;+2/p-2. The van der Waals surface area contributed by atoms with E-state index >= 15 is 0 Å². The summed E-state index contributed by atoms with van der Waals surface area (Å²) in [4.78, 5) is 0. The van der Waals surface area contributed by atoms with E-state index in [0.717, 1.165) is 6.42 Å². The zero-order valence-corrected chi connectivity index (χ0v) is 30.9. The van der Waals surface area contributed by atoms with E-state index in [-0.39, 0.29) is 41.1 Å². The molecule has 2 aliphatic carbocycles. The van der Waals surface area contributed by atoms with Crippen molar-refractivity contribution in [1.29, 1.82) is 0 Å². The third-order valence-corrected chi connectivity index (χ3v) is 16.8. The van der Waals surface area contributed by atoms with Gasteiger partial charge in [-0.25, -0.2) is 0 Å². The van der Waals surface area contributed by atoms with Crippen LogP contribution in [0.4, 0.5) is 0 Å². The molecule has 39 heavy (non-hydrogen) atoms. The van der Waals surface area contributed by atoms with Gasteiger partial charge in [0, 0.05) is 0 Å². The summed E-state index contributed by atoms with van der Waals surface area (Å²) >= 11 is -2.32. The van der Waals surface area contributed by atoms with Crippen LogP contribution in [0.5, 0.6) is 0 Å². The SMILES string of the molecule is C[C](C)=[Zr+2]([C]1=CC(C(C)(C)C)=CC1C)[c]1c(C)c(C(C)(C)C)cc2c1Cc1cc(C)c(C(C)(C)C)cc1-2.[Cl-].[Cl-]. The number of hydrogen-bond acceptors (Lipinski definition) is 0. The molecule has 0 N–H and O–H groups in total. The molecular weight excluding hydrogens is 595 g/mol. The second-order valence-electron chi connectivity index (χ2n) is 15.1. The molecule has 0 amide bonds. The molecule has 3 heteroatoms. The Kier molecular flexibility index (Phi) is 10.2. The van der Waals surface area contributed by atoms with E-state index in [1.807, 2.05) is 0 Å². The number of allylic oxidation sites excluding steroid dienone is 4. The van der Waals surface area contributed by atoms with Gasteiger partial charge in [0.1, 0.15) is 0 Å². The van der Waals surface area contributed by atoms with Crippen molar-refractivity contribution in [2.75, 3.05) is 0 Å². The summed E-state index contributed by atoms with van der Waals surface area (Å²) in [5.74, 6) is 0.547. The van der Waals surface area contributed by atoms with E-state index in [0.29, 0.717) is 5.92 Å². The van der Waals surface area contributed by atoms with Gasteiger partial charge in [-0.1, -0.05) is 0 Å². The van der Waals surface area contributed by atoms with Gasteiger partial charge in [-0.2, -0.15) is 0 Å². The van der Waals surface area contributed by atoms with Crippen LogP contribution >= 0.6 is 0 Å². The first-order chi connectivity index (χ1) is 16.8. The number of halogens is 2. The first-order valence-corrected chi connectivity index (χ1v) is 17.9. The maximum atomic E-state index is 2.63. The number of aryl methyl sites for hydroxylation is 1. The maximum Gasteiger partial charge on any atom is -1.00 e. The van der Waals surface area contributed by atoms with Crippen LogP contribution < -0.4 is 28.1 Å². The molecule has 0 fully saturated rings. The van der Waals surface area contributed by atoms with Crippen molar-refractivity contribution in [2.24, 2.45) is 11.3 Å². The summed E-state index contributed by atoms with van der Waals surface area (Å²) in [6.45, 7) is 33.5. The van der Waals surface area contributed by atoms with Gasteiger partial charge in [0.2, 0.25) is 0 Å². The Balaban J connectivity index is 0.00000267. The molecule has 0 spiro atoms. The largest absolute Gasteiger partial charge is 1.00 e. The predicted molar refractivity (Wildman–Crippen MR) is 162 cm³/mol. The average molecular weight is 645 g/mol. The molecular formula is C36H50Cl2Zr. The van der Waals surface area contributed by atoms with E-state index in [1.54, 1.807) is 26.4 Å². The molecule has 2 aromatic carbocycles. The van der Waals surface area contributed by atoms with Gasteiger partial charge in [0.15, 0.2) is 0 Å². The molecule has 0 aromatic heterocycles. The average Bonchev–Trinajstić information content (AvgIpc) is 3.27. The predicted octanol–water partition coefficient (Wildman–Crippen LogP) is 3.44. The van der Waals surface area contributed by atoms with E-state index < -0.39 is 21.3 Å². The van der Waals surface area contributed by atoms with Crippen LogP contribution in [-0.2, 0) is 38.5 Å². The molecule has 0 saturated heterocycles. The Bertz CT molecular complexity index is 1380. The molecule has 0 radical (unpaired) electrons. The fourth-order valence-electron chi connectivity index (χ4n) is 6.70. The zero-order valence-electron chi connectivity index (χ0n) is 26.9. The third kappa shape index (κ3) is 6.37. The molecule has 2 aliphatic rings. The molecule has 4 rings (SSSR count). The minimum atomic E-state index is -2.32. The van der Waals surface area contributed by atoms with Gasteiger partial charge in [0.05, 0.1) is 0 Å². The van der Waals surface area contributed by atoms with Gasteiger partial charge in [-0.3, -0.25) is 0 Å². The molecule has 1 atom stereocenters. The van der Waals surface area contributed by atoms with Gasteiger partial charge < -0.3 is 24.8 Å². The molecule has 0 bridgehead atoms. The van der Waals surface area contributed by atoms with Crippen molar-refractivity contribution >= 4 is 6.48 Å². The van der Waals surface area contributed by atoms with Crippen molar-refractivity contribution < 1.29 is 46.1 Å². The van der Waals surface area contributed by atoms with Crippen LogP contribution in [0, 0.1) is 25.2 Å². The molecule has 0 aliphatic heterocycles. The summed E-state index contributed by atoms with van der Waals surface area (Å²) < 4.78 is 5.24. The second-order valence-corrected chi connectivity index (χ2v) is 22.0. The normalized spacial score (nSPS) is 16.3. The van der Waals surface area contributed by atoms with Crippen molar-refractivity contribution in [3.63, 3.8) is 0 Å². The summed E-state index contributed by atoms with van der Waals surface area (Å²) in [6, 6.07) is 7.64. The Morgan fingerprint density at radius 1 is 0.769 bits per heavy atom. The van der Waals surface area contributed by atoms with Gasteiger partial charge in [-0.15, -0.1) is 0 Å². The first-order valence-electron chi connectivity index (χ1n) is 14.3. The molecule has 2 aromatic rings. The van der Waals surface area contributed by atoms with E-state index in [4.69, 9.17) is 0 Å². The first kappa shape index (κ1) is 34.5. The molecule has 212 valence electrons. The Morgan fingerprint density at radius 3 is 1.77 bits per heavy atom. The topological polar surface area (TPSA) is 0 Å². The molecule has 0 saturated carbocycles.